The molecule has 0 aliphatic heterocycles. The van der Waals surface area contributed by atoms with Gasteiger partial charge in [-0.1, -0.05) is 19.1 Å². The fraction of sp³-hybridized carbons (Fsp3) is 0.533. The van der Waals surface area contributed by atoms with E-state index in [1.165, 1.54) is 12.1 Å². The van der Waals surface area contributed by atoms with E-state index in [-0.39, 0.29) is 23.7 Å². The van der Waals surface area contributed by atoms with Crippen molar-refractivity contribution in [1.29, 1.82) is 0 Å². The molecule has 3 nitrogen and oxygen atoms in total. The molecule has 1 aromatic rings. The van der Waals surface area contributed by atoms with Gasteiger partial charge in [0.1, 0.15) is 5.82 Å². The van der Waals surface area contributed by atoms with Gasteiger partial charge in [-0.3, -0.25) is 4.79 Å². The number of carbonyl (C=O) groups is 1. The predicted octanol–water partition coefficient (Wildman–Crippen LogP) is 2.86. The van der Waals surface area contributed by atoms with Crippen molar-refractivity contribution in [3.63, 3.8) is 0 Å². The minimum atomic E-state index is -0.258. The van der Waals surface area contributed by atoms with E-state index in [0.29, 0.717) is 19.6 Å². The number of carbonyl (C=O) groups excluding carboxylic acids is 1. The Bertz CT molecular complexity index is 390. The topological polar surface area (TPSA) is 38.3 Å². The van der Waals surface area contributed by atoms with Crippen LogP contribution in [0.2, 0.25) is 0 Å². The highest BCUT2D eigenvalue weighted by atomic mass is 19.1. The van der Waals surface area contributed by atoms with E-state index < -0.39 is 0 Å². The van der Waals surface area contributed by atoms with E-state index in [4.69, 9.17) is 4.74 Å². The van der Waals surface area contributed by atoms with Gasteiger partial charge in [-0.05, 0) is 37.5 Å². The van der Waals surface area contributed by atoms with E-state index in [0.717, 1.165) is 5.56 Å². The second-order valence-corrected chi connectivity index (χ2v) is 4.93. The smallest absolute Gasteiger partial charge is 0.220 e. The molecule has 0 aromatic heterocycles. The van der Waals surface area contributed by atoms with Gasteiger partial charge in [0.25, 0.3) is 0 Å². The first-order valence-corrected chi connectivity index (χ1v) is 6.62. The number of nitrogens with one attached hydrogen (secondary N) is 1. The number of benzene rings is 1. The summed E-state index contributed by atoms with van der Waals surface area (Å²) in [6, 6.07) is 6.27. The van der Waals surface area contributed by atoms with Gasteiger partial charge in [-0.2, -0.15) is 0 Å². The molecule has 0 aliphatic rings. The molecule has 4 heteroatoms. The van der Waals surface area contributed by atoms with Crippen LogP contribution in [-0.4, -0.2) is 25.2 Å². The maximum atomic E-state index is 12.8. The molecule has 106 valence electrons. The summed E-state index contributed by atoms with van der Waals surface area (Å²) in [6.45, 7) is 6.91. The highest BCUT2D eigenvalue weighted by Gasteiger charge is 2.11. The van der Waals surface area contributed by atoms with E-state index in [2.05, 4.69) is 5.32 Å². The van der Waals surface area contributed by atoms with Crippen LogP contribution in [0.15, 0.2) is 24.3 Å². The monoisotopic (exact) mass is 267 g/mol. The van der Waals surface area contributed by atoms with Gasteiger partial charge >= 0.3 is 0 Å². The van der Waals surface area contributed by atoms with Crippen LogP contribution in [0.3, 0.4) is 0 Å². The van der Waals surface area contributed by atoms with Crippen molar-refractivity contribution in [2.75, 3.05) is 13.2 Å². The van der Waals surface area contributed by atoms with Gasteiger partial charge in [0.2, 0.25) is 5.91 Å². The maximum Gasteiger partial charge on any atom is 0.220 e. The third-order valence-electron chi connectivity index (χ3n) is 2.81. The molecule has 1 unspecified atom stereocenters. The summed E-state index contributed by atoms with van der Waals surface area (Å²) in [5, 5.41) is 2.81. The molecule has 1 atom stereocenters. The fourth-order valence-electron chi connectivity index (χ4n) is 1.74. The quantitative estimate of drug-likeness (QED) is 0.771. The van der Waals surface area contributed by atoms with Gasteiger partial charge in [0, 0.05) is 13.0 Å². The fourth-order valence-corrected chi connectivity index (χ4v) is 1.74. The first kappa shape index (κ1) is 15.6. The van der Waals surface area contributed by atoms with Crippen molar-refractivity contribution >= 4 is 5.91 Å². The zero-order valence-electron chi connectivity index (χ0n) is 11.8. The van der Waals surface area contributed by atoms with Gasteiger partial charge in [0.15, 0.2) is 0 Å². The summed E-state index contributed by atoms with van der Waals surface area (Å²) in [7, 11) is 0. The molecule has 1 rings (SSSR count). The van der Waals surface area contributed by atoms with Gasteiger partial charge < -0.3 is 10.1 Å². The van der Waals surface area contributed by atoms with Gasteiger partial charge in [-0.25, -0.2) is 4.39 Å². The lowest BCUT2D eigenvalue weighted by Crippen LogP contribution is -2.28. The van der Waals surface area contributed by atoms with E-state index in [1.807, 2.05) is 20.8 Å². The molecule has 0 heterocycles. The number of hydrogen-bond acceptors (Lipinski definition) is 2. The lowest BCUT2D eigenvalue weighted by molar-refractivity contribution is -0.121. The molecule has 1 N–H and O–H groups in total. The third kappa shape index (κ3) is 6.34. The Morgan fingerprint density at radius 2 is 1.89 bits per heavy atom. The van der Waals surface area contributed by atoms with Crippen molar-refractivity contribution in [2.24, 2.45) is 0 Å². The predicted molar refractivity (Wildman–Crippen MR) is 73.5 cm³/mol. The molecule has 1 amide bonds. The number of halogens is 1. The summed E-state index contributed by atoms with van der Waals surface area (Å²) in [5.41, 5.74) is 0.968. The maximum absolute atomic E-state index is 12.8. The lowest BCUT2D eigenvalue weighted by atomic mass is 9.97. The van der Waals surface area contributed by atoms with E-state index in [1.54, 1.807) is 12.1 Å². The summed E-state index contributed by atoms with van der Waals surface area (Å²) in [6.07, 6.45) is 0.572. The largest absolute Gasteiger partial charge is 0.377 e. The van der Waals surface area contributed by atoms with Crippen LogP contribution >= 0.6 is 0 Å². The van der Waals surface area contributed by atoms with Crippen LogP contribution in [0.5, 0.6) is 0 Å². The van der Waals surface area contributed by atoms with Crippen molar-refractivity contribution in [1.82, 2.24) is 5.32 Å². The minimum Gasteiger partial charge on any atom is -0.377 e. The standard InChI is InChI=1S/C15H22FNO2/c1-11(2)19-9-8-17-15(18)10-12(3)13-4-6-14(16)7-5-13/h4-7,11-12H,8-10H2,1-3H3,(H,17,18). The number of amides is 1. The van der Waals surface area contributed by atoms with Crippen molar-refractivity contribution in [2.45, 2.75) is 39.2 Å². The summed E-state index contributed by atoms with van der Waals surface area (Å²) >= 11 is 0. The van der Waals surface area contributed by atoms with Crippen LogP contribution in [0.1, 0.15) is 38.7 Å². The van der Waals surface area contributed by atoms with Crippen LogP contribution in [0.4, 0.5) is 4.39 Å². The summed E-state index contributed by atoms with van der Waals surface area (Å²) < 4.78 is 18.1. The Kier molecular flexibility index (Phi) is 6.50. The van der Waals surface area contributed by atoms with Gasteiger partial charge in [-0.15, -0.1) is 0 Å². The highest BCUT2D eigenvalue weighted by molar-refractivity contribution is 5.76. The number of rotatable bonds is 7. The Morgan fingerprint density at radius 1 is 1.26 bits per heavy atom. The zero-order valence-corrected chi connectivity index (χ0v) is 11.8. The Morgan fingerprint density at radius 3 is 2.47 bits per heavy atom. The average molecular weight is 267 g/mol. The summed E-state index contributed by atoms with van der Waals surface area (Å²) in [4.78, 5) is 11.7. The van der Waals surface area contributed by atoms with Crippen molar-refractivity contribution in [3.8, 4) is 0 Å². The zero-order chi connectivity index (χ0) is 14.3. The Labute approximate surface area is 114 Å². The van der Waals surface area contributed by atoms with Crippen molar-refractivity contribution in [3.05, 3.63) is 35.6 Å². The second kappa shape index (κ2) is 7.89. The summed E-state index contributed by atoms with van der Waals surface area (Å²) in [5.74, 6) is -0.193. The normalized spacial score (nSPS) is 12.5. The third-order valence-corrected chi connectivity index (χ3v) is 2.81. The number of hydrogen-bond donors (Lipinski definition) is 1. The minimum absolute atomic E-state index is 0.0100. The highest BCUT2D eigenvalue weighted by Crippen LogP contribution is 2.18. The van der Waals surface area contributed by atoms with E-state index in [9.17, 15) is 9.18 Å². The molecule has 0 saturated carbocycles. The molecule has 0 fully saturated rings. The second-order valence-electron chi connectivity index (χ2n) is 4.93. The lowest BCUT2D eigenvalue weighted by Gasteiger charge is -2.13. The molecule has 19 heavy (non-hydrogen) atoms. The first-order valence-electron chi connectivity index (χ1n) is 6.62. The average Bonchev–Trinajstić information content (AvgIpc) is 2.35. The number of ether oxygens (including phenoxy) is 1. The molecular formula is C15H22FNO2. The van der Waals surface area contributed by atoms with Crippen LogP contribution in [0, 0.1) is 5.82 Å². The van der Waals surface area contributed by atoms with Crippen LogP contribution in [-0.2, 0) is 9.53 Å². The molecule has 0 bridgehead atoms. The first-order chi connectivity index (χ1) is 8.99. The van der Waals surface area contributed by atoms with Crippen LogP contribution in [0.25, 0.3) is 0 Å². The molecule has 0 aliphatic carbocycles. The molecule has 1 aromatic carbocycles. The molecule has 0 spiro atoms. The van der Waals surface area contributed by atoms with Crippen molar-refractivity contribution < 1.29 is 13.9 Å². The molecular weight excluding hydrogens is 245 g/mol. The SMILES string of the molecule is CC(C)OCCNC(=O)CC(C)c1ccc(F)cc1. The Balaban J connectivity index is 2.29. The van der Waals surface area contributed by atoms with E-state index >= 15 is 0 Å². The van der Waals surface area contributed by atoms with Crippen LogP contribution < -0.4 is 5.32 Å². The van der Waals surface area contributed by atoms with Gasteiger partial charge in [0.05, 0.1) is 12.7 Å². The molecule has 0 saturated heterocycles. The molecule has 0 radical (unpaired) electrons. The Hall–Kier alpha value is -1.42.